The van der Waals surface area contributed by atoms with E-state index in [1.165, 1.54) is 43.4 Å². The number of hydrogen-bond acceptors (Lipinski definition) is 1. The van der Waals surface area contributed by atoms with Crippen molar-refractivity contribution in [1.82, 2.24) is 9.97 Å². The van der Waals surface area contributed by atoms with Gasteiger partial charge in [-0.2, -0.15) is 0 Å². The van der Waals surface area contributed by atoms with Crippen molar-refractivity contribution in [3.05, 3.63) is 30.1 Å². The van der Waals surface area contributed by atoms with Gasteiger partial charge in [-0.15, -0.1) is 0 Å². The van der Waals surface area contributed by atoms with E-state index in [1.807, 2.05) is 6.07 Å². The van der Waals surface area contributed by atoms with Crippen LogP contribution in [-0.4, -0.2) is 9.97 Å². The van der Waals surface area contributed by atoms with E-state index in [0.717, 1.165) is 17.9 Å². The van der Waals surface area contributed by atoms with Crippen LogP contribution in [-0.2, 0) is 6.42 Å². The Labute approximate surface area is 96.1 Å². The Morgan fingerprint density at radius 2 is 1.94 bits per heavy atom. The first-order valence-corrected chi connectivity index (χ1v) is 6.35. The summed E-state index contributed by atoms with van der Waals surface area (Å²) in [7, 11) is 0. The van der Waals surface area contributed by atoms with E-state index in [0.29, 0.717) is 0 Å². The molecule has 3 rings (SSSR count). The molecule has 1 aromatic carbocycles. The summed E-state index contributed by atoms with van der Waals surface area (Å²) in [5, 5.41) is 0. The van der Waals surface area contributed by atoms with Crippen molar-refractivity contribution >= 4 is 11.0 Å². The molecule has 1 saturated carbocycles. The molecule has 16 heavy (non-hydrogen) atoms. The quantitative estimate of drug-likeness (QED) is 0.811. The van der Waals surface area contributed by atoms with Crippen molar-refractivity contribution in [3.8, 4) is 0 Å². The van der Waals surface area contributed by atoms with Crippen LogP contribution in [0.5, 0.6) is 0 Å². The van der Waals surface area contributed by atoms with Crippen LogP contribution in [0.2, 0.25) is 0 Å². The molecule has 1 heterocycles. The third kappa shape index (κ3) is 1.97. The molecule has 2 nitrogen and oxygen atoms in total. The molecule has 1 fully saturated rings. The predicted octanol–water partition coefficient (Wildman–Crippen LogP) is 3.69. The van der Waals surface area contributed by atoms with E-state index in [4.69, 9.17) is 0 Å². The lowest BCUT2D eigenvalue weighted by atomic mass is 9.87. The summed E-state index contributed by atoms with van der Waals surface area (Å²) in [6.07, 6.45) is 8.15. The summed E-state index contributed by atoms with van der Waals surface area (Å²) in [6, 6.07) is 8.29. The highest BCUT2D eigenvalue weighted by molar-refractivity contribution is 5.74. The van der Waals surface area contributed by atoms with Crippen molar-refractivity contribution < 1.29 is 0 Å². The molecule has 1 N–H and O–H groups in total. The fourth-order valence-corrected chi connectivity index (χ4v) is 2.77. The Hall–Kier alpha value is -1.31. The number of imidazole rings is 1. The number of para-hydroxylation sites is 2. The van der Waals surface area contributed by atoms with E-state index in [2.05, 4.69) is 28.2 Å². The number of benzene rings is 1. The first kappa shape index (κ1) is 9.88. The van der Waals surface area contributed by atoms with Gasteiger partial charge in [-0.1, -0.05) is 44.2 Å². The molecule has 84 valence electrons. The molecular formula is C14H18N2. The molecule has 1 aliphatic rings. The van der Waals surface area contributed by atoms with E-state index < -0.39 is 0 Å². The molecule has 2 heteroatoms. The summed E-state index contributed by atoms with van der Waals surface area (Å²) < 4.78 is 0. The average Bonchev–Trinajstić information content (AvgIpc) is 2.72. The molecule has 0 atom stereocenters. The molecule has 1 aromatic heterocycles. The number of aromatic nitrogens is 2. The molecule has 0 aliphatic heterocycles. The molecule has 0 spiro atoms. The van der Waals surface area contributed by atoms with Gasteiger partial charge in [-0.05, 0) is 18.1 Å². The highest BCUT2D eigenvalue weighted by Crippen LogP contribution is 2.26. The Kier molecular flexibility index (Phi) is 2.65. The van der Waals surface area contributed by atoms with E-state index in [9.17, 15) is 0 Å². The van der Waals surface area contributed by atoms with Crippen LogP contribution >= 0.6 is 0 Å². The smallest absolute Gasteiger partial charge is 0.107 e. The van der Waals surface area contributed by atoms with Crippen molar-refractivity contribution in [2.45, 2.75) is 38.5 Å². The fourth-order valence-electron chi connectivity index (χ4n) is 2.77. The fraction of sp³-hybridized carbons (Fsp3) is 0.500. The first-order valence-electron chi connectivity index (χ1n) is 6.35. The Bertz CT molecular complexity index is 433. The summed E-state index contributed by atoms with van der Waals surface area (Å²) in [6.45, 7) is 0. The highest BCUT2D eigenvalue weighted by Gasteiger charge is 2.15. The van der Waals surface area contributed by atoms with Crippen molar-refractivity contribution in [3.63, 3.8) is 0 Å². The van der Waals surface area contributed by atoms with Gasteiger partial charge >= 0.3 is 0 Å². The number of hydrogen-bond donors (Lipinski definition) is 1. The van der Waals surface area contributed by atoms with Crippen LogP contribution in [0, 0.1) is 5.92 Å². The summed E-state index contributed by atoms with van der Waals surface area (Å²) in [5.74, 6) is 2.03. The van der Waals surface area contributed by atoms with Crippen LogP contribution in [0.25, 0.3) is 11.0 Å². The second-order valence-corrected chi connectivity index (χ2v) is 4.91. The lowest BCUT2D eigenvalue weighted by molar-refractivity contribution is 0.352. The summed E-state index contributed by atoms with van der Waals surface area (Å²) >= 11 is 0. The maximum absolute atomic E-state index is 4.65. The van der Waals surface area contributed by atoms with E-state index in [1.54, 1.807) is 0 Å². The summed E-state index contributed by atoms with van der Waals surface area (Å²) in [4.78, 5) is 8.08. The first-order chi connectivity index (χ1) is 7.92. The van der Waals surface area contributed by atoms with Gasteiger partial charge in [-0.25, -0.2) is 4.98 Å². The zero-order valence-electron chi connectivity index (χ0n) is 9.58. The lowest BCUT2D eigenvalue weighted by Gasteiger charge is -2.20. The molecule has 2 aromatic rings. The van der Waals surface area contributed by atoms with Gasteiger partial charge in [0.25, 0.3) is 0 Å². The van der Waals surface area contributed by atoms with Crippen LogP contribution in [0.4, 0.5) is 0 Å². The largest absolute Gasteiger partial charge is 0.342 e. The minimum Gasteiger partial charge on any atom is -0.342 e. The average molecular weight is 214 g/mol. The van der Waals surface area contributed by atoms with Crippen molar-refractivity contribution in [2.24, 2.45) is 5.92 Å². The predicted molar refractivity (Wildman–Crippen MR) is 66.4 cm³/mol. The molecule has 0 saturated heterocycles. The second-order valence-electron chi connectivity index (χ2n) is 4.91. The van der Waals surface area contributed by atoms with E-state index >= 15 is 0 Å². The number of fused-ring (bicyclic) bond motifs is 1. The monoisotopic (exact) mass is 214 g/mol. The topological polar surface area (TPSA) is 28.7 Å². The van der Waals surface area contributed by atoms with Gasteiger partial charge in [-0.3, -0.25) is 0 Å². The Morgan fingerprint density at radius 1 is 1.12 bits per heavy atom. The Balaban J connectivity index is 1.78. The zero-order valence-corrected chi connectivity index (χ0v) is 9.58. The molecule has 0 unspecified atom stereocenters. The van der Waals surface area contributed by atoms with Gasteiger partial charge in [0.05, 0.1) is 11.0 Å². The third-order valence-corrected chi connectivity index (χ3v) is 3.65. The lowest BCUT2D eigenvalue weighted by Crippen LogP contribution is -2.10. The maximum atomic E-state index is 4.65. The number of nitrogens with one attached hydrogen (secondary N) is 1. The van der Waals surface area contributed by atoms with Crippen LogP contribution in [0.15, 0.2) is 24.3 Å². The molecule has 0 radical (unpaired) electrons. The van der Waals surface area contributed by atoms with E-state index in [-0.39, 0.29) is 0 Å². The number of nitrogens with zero attached hydrogens (tertiary/aromatic N) is 1. The Morgan fingerprint density at radius 3 is 2.75 bits per heavy atom. The molecule has 0 bridgehead atoms. The second kappa shape index (κ2) is 4.28. The maximum Gasteiger partial charge on any atom is 0.107 e. The van der Waals surface area contributed by atoms with Gasteiger partial charge in [0, 0.05) is 6.42 Å². The molecule has 0 amide bonds. The van der Waals surface area contributed by atoms with Gasteiger partial charge in [0.2, 0.25) is 0 Å². The minimum atomic E-state index is 0.856. The number of aromatic amines is 1. The van der Waals surface area contributed by atoms with Crippen molar-refractivity contribution in [2.75, 3.05) is 0 Å². The standard InChI is InChI=1S/C14H18N2/c1-2-6-11(7-3-1)10-14-15-12-8-4-5-9-13(12)16-14/h4-5,8-9,11H,1-3,6-7,10H2,(H,15,16). The van der Waals surface area contributed by atoms with Gasteiger partial charge in [0.15, 0.2) is 0 Å². The number of H-pyrrole nitrogens is 1. The van der Waals surface area contributed by atoms with Gasteiger partial charge < -0.3 is 4.98 Å². The number of rotatable bonds is 2. The SMILES string of the molecule is c1ccc2[nH]c(CC3CCCCC3)nc2c1. The van der Waals surface area contributed by atoms with Crippen LogP contribution in [0.3, 0.4) is 0 Å². The zero-order chi connectivity index (χ0) is 10.8. The van der Waals surface area contributed by atoms with Crippen LogP contribution in [0.1, 0.15) is 37.9 Å². The third-order valence-electron chi connectivity index (χ3n) is 3.65. The molecular weight excluding hydrogens is 196 g/mol. The van der Waals surface area contributed by atoms with Gasteiger partial charge in [0.1, 0.15) is 5.82 Å². The highest BCUT2D eigenvalue weighted by atomic mass is 14.9. The molecule has 1 aliphatic carbocycles. The normalized spacial score (nSPS) is 18.0. The minimum absolute atomic E-state index is 0.856. The van der Waals surface area contributed by atoms with Crippen molar-refractivity contribution in [1.29, 1.82) is 0 Å². The summed E-state index contributed by atoms with van der Waals surface area (Å²) in [5.41, 5.74) is 2.28. The van der Waals surface area contributed by atoms with Crippen LogP contribution < -0.4 is 0 Å².